The molecular weight excluding hydrogens is 306 g/mol. The zero-order chi connectivity index (χ0) is 17.3. The number of nitrogens with zero attached hydrogens (tertiary/aromatic N) is 1. The van der Waals surface area contributed by atoms with Crippen LogP contribution in [0.15, 0.2) is 47.3 Å². The Kier molecular flexibility index (Phi) is 4.16. The summed E-state index contributed by atoms with van der Waals surface area (Å²) >= 11 is 0. The van der Waals surface area contributed by atoms with Gasteiger partial charge in [-0.05, 0) is 17.0 Å². The molecule has 0 radical (unpaired) electrons. The molecule has 0 saturated carbocycles. The van der Waals surface area contributed by atoms with E-state index in [9.17, 15) is 4.79 Å². The molecule has 0 aliphatic carbocycles. The Balaban J connectivity index is 2.55. The Bertz CT molecular complexity index is 945. The summed E-state index contributed by atoms with van der Waals surface area (Å²) in [6.45, 7) is 0. The summed E-state index contributed by atoms with van der Waals surface area (Å²) in [7, 11) is 6.45. The third kappa shape index (κ3) is 2.38. The standard InChI is InChI=1S/C19H19NO4/c1-20-15(21)11-13-10-14(22-2)18(23-3)19(24-4)16(13)17(20)12-8-6-5-7-9-12/h5-11H,1-4H3. The quantitative estimate of drug-likeness (QED) is 0.739. The van der Waals surface area contributed by atoms with Crippen molar-refractivity contribution in [2.75, 3.05) is 21.3 Å². The van der Waals surface area contributed by atoms with E-state index in [0.717, 1.165) is 22.0 Å². The third-order valence-electron chi connectivity index (χ3n) is 4.09. The summed E-state index contributed by atoms with van der Waals surface area (Å²) in [4.78, 5) is 12.4. The minimum absolute atomic E-state index is 0.101. The molecule has 1 heterocycles. The topological polar surface area (TPSA) is 49.7 Å². The molecule has 0 bridgehead atoms. The van der Waals surface area contributed by atoms with Crippen LogP contribution in [0.4, 0.5) is 0 Å². The first-order valence-corrected chi connectivity index (χ1v) is 7.50. The zero-order valence-corrected chi connectivity index (χ0v) is 14.1. The lowest BCUT2D eigenvalue weighted by molar-refractivity contribution is 0.327. The van der Waals surface area contributed by atoms with Gasteiger partial charge >= 0.3 is 0 Å². The summed E-state index contributed by atoms with van der Waals surface area (Å²) in [5.74, 6) is 1.57. The van der Waals surface area contributed by atoms with Gasteiger partial charge in [0.1, 0.15) is 0 Å². The summed E-state index contributed by atoms with van der Waals surface area (Å²) in [5, 5.41) is 1.55. The molecule has 24 heavy (non-hydrogen) atoms. The van der Waals surface area contributed by atoms with Gasteiger partial charge in [0.15, 0.2) is 11.5 Å². The van der Waals surface area contributed by atoms with E-state index in [0.29, 0.717) is 17.2 Å². The van der Waals surface area contributed by atoms with Crippen LogP contribution in [-0.2, 0) is 7.05 Å². The van der Waals surface area contributed by atoms with E-state index >= 15 is 0 Å². The average molecular weight is 325 g/mol. The summed E-state index contributed by atoms with van der Waals surface area (Å²) in [5.41, 5.74) is 1.60. The van der Waals surface area contributed by atoms with Crippen LogP contribution in [0.5, 0.6) is 17.2 Å². The van der Waals surface area contributed by atoms with Crippen molar-refractivity contribution in [1.82, 2.24) is 4.57 Å². The number of fused-ring (bicyclic) bond motifs is 1. The molecule has 0 spiro atoms. The maximum Gasteiger partial charge on any atom is 0.251 e. The second-order valence-corrected chi connectivity index (χ2v) is 5.37. The summed E-state index contributed by atoms with van der Waals surface area (Å²) in [6, 6.07) is 13.1. The molecule has 3 rings (SSSR count). The molecule has 0 aliphatic rings. The SMILES string of the molecule is COc1cc2cc(=O)n(C)c(-c3ccccc3)c2c(OC)c1OC. The second kappa shape index (κ2) is 6.28. The van der Waals surface area contributed by atoms with Gasteiger partial charge in [0, 0.05) is 13.1 Å². The Morgan fingerprint density at radius 3 is 2.12 bits per heavy atom. The highest BCUT2D eigenvalue weighted by Gasteiger charge is 2.21. The Morgan fingerprint density at radius 1 is 0.875 bits per heavy atom. The Hall–Kier alpha value is -2.95. The minimum atomic E-state index is -0.101. The fraction of sp³-hybridized carbons (Fsp3) is 0.211. The molecule has 0 atom stereocenters. The number of ether oxygens (including phenoxy) is 3. The van der Waals surface area contributed by atoms with Crippen LogP contribution < -0.4 is 19.8 Å². The second-order valence-electron chi connectivity index (χ2n) is 5.37. The molecule has 0 fully saturated rings. The van der Waals surface area contributed by atoms with Gasteiger partial charge in [-0.2, -0.15) is 0 Å². The first-order valence-electron chi connectivity index (χ1n) is 7.50. The first-order chi connectivity index (χ1) is 11.6. The monoisotopic (exact) mass is 325 g/mol. The van der Waals surface area contributed by atoms with Gasteiger partial charge in [-0.15, -0.1) is 0 Å². The van der Waals surface area contributed by atoms with Crippen molar-refractivity contribution in [3.05, 3.63) is 52.8 Å². The molecule has 0 amide bonds. The van der Waals surface area contributed by atoms with E-state index in [2.05, 4.69) is 0 Å². The molecule has 1 aromatic heterocycles. The lowest BCUT2D eigenvalue weighted by Gasteiger charge is -2.19. The summed E-state index contributed by atoms with van der Waals surface area (Å²) < 4.78 is 18.1. The lowest BCUT2D eigenvalue weighted by atomic mass is 10.0. The number of benzene rings is 2. The Labute approximate surface area is 140 Å². The van der Waals surface area contributed by atoms with Crippen molar-refractivity contribution >= 4 is 10.8 Å². The van der Waals surface area contributed by atoms with E-state index in [1.165, 1.54) is 0 Å². The molecule has 124 valence electrons. The van der Waals surface area contributed by atoms with Crippen molar-refractivity contribution < 1.29 is 14.2 Å². The summed E-state index contributed by atoms with van der Waals surface area (Å²) in [6.07, 6.45) is 0. The maximum absolute atomic E-state index is 12.4. The minimum Gasteiger partial charge on any atom is -0.493 e. The van der Waals surface area contributed by atoms with Gasteiger partial charge in [0.2, 0.25) is 5.75 Å². The van der Waals surface area contributed by atoms with Crippen LogP contribution in [0.1, 0.15) is 0 Å². The fourth-order valence-corrected chi connectivity index (χ4v) is 2.97. The van der Waals surface area contributed by atoms with Crippen LogP contribution >= 0.6 is 0 Å². The van der Waals surface area contributed by atoms with E-state index in [-0.39, 0.29) is 5.56 Å². The molecule has 0 aliphatic heterocycles. The predicted molar refractivity (Wildman–Crippen MR) is 94.3 cm³/mol. The van der Waals surface area contributed by atoms with Crippen molar-refractivity contribution in [3.63, 3.8) is 0 Å². The molecule has 5 heteroatoms. The third-order valence-corrected chi connectivity index (χ3v) is 4.09. The predicted octanol–water partition coefficient (Wildman–Crippen LogP) is 3.23. The molecule has 0 unspecified atom stereocenters. The largest absolute Gasteiger partial charge is 0.493 e. The zero-order valence-electron chi connectivity index (χ0n) is 14.1. The highest BCUT2D eigenvalue weighted by atomic mass is 16.5. The van der Waals surface area contributed by atoms with Gasteiger partial charge in [0.05, 0.1) is 32.4 Å². The normalized spacial score (nSPS) is 10.7. The van der Waals surface area contributed by atoms with Gasteiger partial charge in [-0.1, -0.05) is 30.3 Å². The van der Waals surface area contributed by atoms with Crippen LogP contribution in [0.2, 0.25) is 0 Å². The van der Waals surface area contributed by atoms with Gasteiger partial charge in [-0.25, -0.2) is 0 Å². The lowest BCUT2D eigenvalue weighted by Crippen LogP contribution is -2.18. The van der Waals surface area contributed by atoms with Gasteiger partial charge in [0.25, 0.3) is 5.56 Å². The maximum atomic E-state index is 12.4. The number of rotatable bonds is 4. The highest BCUT2D eigenvalue weighted by Crippen LogP contribution is 2.46. The molecule has 0 saturated heterocycles. The number of aromatic nitrogens is 1. The van der Waals surface area contributed by atoms with Crippen LogP contribution in [0.25, 0.3) is 22.0 Å². The number of hydrogen-bond acceptors (Lipinski definition) is 4. The van der Waals surface area contributed by atoms with Crippen molar-refractivity contribution in [2.24, 2.45) is 7.05 Å². The van der Waals surface area contributed by atoms with Crippen molar-refractivity contribution in [2.45, 2.75) is 0 Å². The smallest absolute Gasteiger partial charge is 0.251 e. The van der Waals surface area contributed by atoms with Crippen LogP contribution in [0.3, 0.4) is 0 Å². The first kappa shape index (κ1) is 15.9. The van der Waals surface area contributed by atoms with Gasteiger partial charge < -0.3 is 18.8 Å². The molecular formula is C19H19NO4. The van der Waals surface area contributed by atoms with E-state index in [1.54, 1.807) is 45.1 Å². The van der Waals surface area contributed by atoms with Crippen molar-refractivity contribution in [3.8, 4) is 28.5 Å². The molecule has 5 nitrogen and oxygen atoms in total. The van der Waals surface area contributed by atoms with Gasteiger partial charge in [-0.3, -0.25) is 4.79 Å². The molecule has 0 N–H and O–H groups in total. The van der Waals surface area contributed by atoms with Crippen LogP contribution in [-0.4, -0.2) is 25.9 Å². The fourth-order valence-electron chi connectivity index (χ4n) is 2.97. The van der Waals surface area contributed by atoms with E-state index in [4.69, 9.17) is 14.2 Å². The Morgan fingerprint density at radius 2 is 1.54 bits per heavy atom. The van der Waals surface area contributed by atoms with E-state index in [1.807, 2.05) is 30.3 Å². The highest BCUT2D eigenvalue weighted by molar-refractivity contribution is 6.02. The average Bonchev–Trinajstić information content (AvgIpc) is 2.62. The van der Waals surface area contributed by atoms with E-state index < -0.39 is 0 Å². The molecule has 2 aromatic carbocycles. The number of pyridine rings is 1. The van der Waals surface area contributed by atoms with Crippen molar-refractivity contribution in [1.29, 1.82) is 0 Å². The van der Waals surface area contributed by atoms with Crippen LogP contribution in [0, 0.1) is 0 Å². The number of methoxy groups -OCH3 is 3. The number of hydrogen-bond donors (Lipinski definition) is 0. The molecule has 3 aromatic rings.